The van der Waals surface area contributed by atoms with Crippen LogP contribution in [0.15, 0.2) is 30.3 Å². The van der Waals surface area contributed by atoms with Crippen LogP contribution in [0, 0.1) is 11.3 Å². The van der Waals surface area contributed by atoms with Crippen LogP contribution in [0.5, 0.6) is 0 Å². The molecule has 0 bridgehead atoms. The first-order valence-corrected chi connectivity index (χ1v) is 8.65. The summed E-state index contributed by atoms with van der Waals surface area (Å²) in [6.45, 7) is 4.20. The zero-order valence-corrected chi connectivity index (χ0v) is 15.5. The van der Waals surface area contributed by atoms with Gasteiger partial charge in [-0.15, -0.1) is 0 Å². The summed E-state index contributed by atoms with van der Waals surface area (Å²) in [6, 6.07) is 8.92. The van der Waals surface area contributed by atoms with Gasteiger partial charge in [-0.1, -0.05) is 44.2 Å². The van der Waals surface area contributed by atoms with Crippen LogP contribution in [0.1, 0.15) is 25.8 Å². The van der Waals surface area contributed by atoms with Crippen molar-refractivity contribution >= 4 is 11.9 Å². The van der Waals surface area contributed by atoms with Gasteiger partial charge in [0.15, 0.2) is 0 Å². The fourth-order valence-corrected chi connectivity index (χ4v) is 2.63. The Bertz CT molecular complexity index is 603. The molecule has 1 aromatic rings. The molecule has 7 heteroatoms. The van der Waals surface area contributed by atoms with Gasteiger partial charge in [0.05, 0.1) is 32.8 Å². The Balaban J connectivity index is 1.96. The van der Waals surface area contributed by atoms with E-state index in [0.29, 0.717) is 6.61 Å². The van der Waals surface area contributed by atoms with Gasteiger partial charge in [-0.2, -0.15) is 5.06 Å². The molecule has 0 amide bonds. The van der Waals surface area contributed by atoms with E-state index < -0.39 is 29.3 Å². The van der Waals surface area contributed by atoms with E-state index >= 15 is 0 Å². The van der Waals surface area contributed by atoms with Gasteiger partial charge in [-0.05, 0) is 12.0 Å². The summed E-state index contributed by atoms with van der Waals surface area (Å²) in [6.07, 6.45) is 0.278. The molecule has 0 spiro atoms. The van der Waals surface area contributed by atoms with Crippen molar-refractivity contribution < 1.29 is 29.0 Å². The molecule has 0 aliphatic carbocycles. The fourth-order valence-electron chi connectivity index (χ4n) is 2.63. The number of nitrogens with zero attached hydrogens (tertiary/aromatic N) is 1. The van der Waals surface area contributed by atoms with E-state index in [0.717, 1.165) is 5.56 Å². The number of hydroxylamine groups is 2. The first-order valence-electron chi connectivity index (χ1n) is 8.65. The molecule has 26 heavy (non-hydrogen) atoms. The van der Waals surface area contributed by atoms with E-state index in [1.165, 1.54) is 12.2 Å². The van der Waals surface area contributed by atoms with Crippen molar-refractivity contribution in [1.29, 1.82) is 0 Å². The molecule has 1 aliphatic rings. The molecule has 0 unspecified atom stereocenters. The predicted molar refractivity (Wildman–Crippen MR) is 93.7 cm³/mol. The molecule has 0 aromatic heterocycles. The van der Waals surface area contributed by atoms with Crippen LogP contribution < -0.4 is 0 Å². The lowest BCUT2D eigenvalue weighted by Gasteiger charge is -2.22. The second kappa shape index (κ2) is 9.12. The number of hydrogen-bond donors (Lipinski definition) is 1. The minimum Gasteiger partial charge on any atom is -0.468 e. The third-order valence-electron chi connectivity index (χ3n) is 4.34. The van der Waals surface area contributed by atoms with Crippen LogP contribution in [-0.2, 0) is 30.5 Å². The van der Waals surface area contributed by atoms with Crippen LogP contribution in [0.2, 0.25) is 0 Å². The number of esters is 2. The molecular formula is C19H27NO6. The van der Waals surface area contributed by atoms with E-state index in [1.54, 1.807) is 0 Å². The molecule has 0 radical (unpaired) electrons. The van der Waals surface area contributed by atoms with E-state index in [-0.39, 0.29) is 26.2 Å². The smallest absolute Gasteiger partial charge is 0.325 e. The Kier molecular flexibility index (Phi) is 7.14. The Morgan fingerprint density at radius 2 is 1.92 bits per heavy atom. The van der Waals surface area contributed by atoms with Gasteiger partial charge in [0.25, 0.3) is 0 Å². The largest absolute Gasteiger partial charge is 0.468 e. The molecule has 1 aromatic carbocycles. The van der Waals surface area contributed by atoms with Crippen molar-refractivity contribution in [3.8, 4) is 0 Å². The summed E-state index contributed by atoms with van der Waals surface area (Å²) < 4.78 is 10.2. The average Bonchev–Trinajstić information content (AvgIpc) is 3.09. The summed E-state index contributed by atoms with van der Waals surface area (Å²) in [5.74, 6) is -1.32. The summed E-state index contributed by atoms with van der Waals surface area (Å²) >= 11 is 0. The average molecular weight is 365 g/mol. The van der Waals surface area contributed by atoms with E-state index in [1.807, 2.05) is 44.2 Å². The van der Waals surface area contributed by atoms with Gasteiger partial charge in [0.2, 0.25) is 0 Å². The fraction of sp³-hybridized carbons (Fsp3) is 0.579. The second-order valence-corrected chi connectivity index (χ2v) is 7.26. The number of carbonyl (C=O) groups is 2. The van der Waals surface area contributed by atoms with E-state index in [2.05, 4.69) is 0 Å². The lowest BCUT2D eigenvalue weighted by atomic mass is 9.96. The summed E-state index contributed by atoms with van der Waals surface area (Å²) in [5.41, 5.74) is 0.464. The van der Waals surface area contributed by atoms with Crippen LogP contribution in [0.3, 0.4) is 0 Å². The molecule has 2 rings (SSSR count). The van der Waals surface area contributed by atoms with Crippen molar-refractivity contribution in [2.45, 2.75) is 32.9 Å². The van der Waals surface area contributed by atoms with Crippen LogP contribution in [0.4, 0.5) is 0 Å². The molecule has 0 saturated carbocycles. The molecule has 144 valence electrons. The molecule has 1 N–H and O–H groups in total. The molecule has 7 nitrogen and oxygen atoms in total. The molecule has 1 aliphatic heterocycles. The number of benzene rings is 1. The Labute approximate surface area is 153 Å². The number of aliphatic hydroxyl groups is 1. The number of rotatable bonds is 8. The van der Waals surface area contributed by atoms with Gasteiger partial charge in [-0.25, -0.2) is 0 Å². The highest BCUT2D eigenvalue weighted by Crippen LogP contribution is 2.27. The maximum Gasteiger partial charge on any atom is 0.325 e. The minimum absolute atomic E-state index is 0.0813. The molecule has 1 heterocycles. The van der Waals surface area contributed by atoms with Gasteiger partial charge in [-0.3, -0.25) is 14.4 Å². The van der Waals surface area contributed by atoms with Crippen LogP contribution in [0.25, 0.3) is 0 Å². The number of hydrogen-bond acceptors (Lipinski definition) is 7. The highest BCUT2D eigenvalue weighted by Gasteiger charge is 2.42. The quantitative estimate of drug-likeness (QED) is 0.700. The lowest BCUT2D eigenvalue weighted by Crippen LogP contribution is -2.36. The maximum atomic E-state index is 12.3. The number of aliphatic hydroxyl groups excluding tert-OH is 1. The Hall–Kier alpha value is -1.96. The third kappa shape index (κ3) is 5.52. The lowest BCUT2D eigenvalue weighted by molar-refractivity contribution is -0.196. The number of carbonyl (C=O) groups excluding carboxylic acids is 2. The Morgan fingerprint density at radius 3 is 2.54 bits per heavy atom. The number of methoxy groups -OCH3 is 1. The molecule has 1 fully saturated rings. The van der Waals surface area contributed by atoms with Gasteiger partial charge >= 0.3 is 11.9 Å². The first kappa shape index (κ1) is 20.4. The van der Waals surface area contributed by atoms with Gasteiger partial charge in [0, 0.05) is 12.0 Å². The van der Waals surface area contributed by atoms with Gasteiger partial charge in [0.1, 0.15) is 6.04 Å². The third-order valence-corrected chi connectivity index (χ3v) is 4.34. The maximum absolute atomic E-state index is 12.3. The highest BCUT2D eigenvalue weighted by atomic mass is 16.7. The van der Waals surface area contributed by atoms with Gasteiger partial charge < -0.3 is 14.6 Å². The summed E-state index contributed by atoms with van der Waals surface area (Å²) in [5, 5.41) is 10.8. The van der Waals surface area contributed by atoms with E-state index in [4.69, 9.17) is 14.3 Å². The Morgan fingerprint density at radius 1 is 1.23 bits per heavy atom. The topological polar surface area (TPSA) is 85.3 Å². The monoisotopic (exact) mass is 365 g/mol. The zero-order chi connectivity index (χ0) is 19.2. The highest BCUT2D eigenvalue weighted by molar-refractivity contribution is 5.79. The zero-order valence-electron chi connectivity index (χ0n) is 15.5. The standard InChI is InChI=1S/C19H27NO6/c1-19(2,12-21)13-25-17(22)15-9-16(18(23)24-3)20(10-15)26-11-14-7-5-4-6-8-14/h4-8,15-16,21H,9-13H2,1-3H3/t15-,16-/m0/s1. The van der Waals surface area contributed by atoms with Crippen molar-refractivity contribution in [3.63, 3.8) is 0 Å². The second-order valence-electron chi connectivity index (χ2n) is 7.26. The van der Waals surface area contributed by atoms with Crippen molar-refractivity contribution in [2.75, 3.05) is 26.9 Å². The van der Waals surface area contributed by atoms with Crippen LogP contribution in [-0.4, -0.2) is 55.0 Å². The summed E-state index contributed by atoms with van der Waals surface area (Å²) in [7, 11) is 1.31. The SMILES string of the molecule is COC(=O)[C@@H]1C[C@H](C(=O)OCC(C)(C)CO)CN1OCc1ccccc1. The molecule has 2 atom stereocenters. The minimum atomic E-state index is -0.646. The van der Waals surface area contributed by atoms with Crippen molar-refractivity contribution in [1.82, 2.24) is 5.06 Å². The molecule has 1 saturated heterocycles. The van der Waals surface area contributed by atoms with Crippen LogP contribution >= 0.6 is 0 Å². The van der Waals surface area contributed by atoms with E-state index in [9.17, 15) is 14.7 Å². The number of ether oxygens (including phenoxy) is 2. The predicted octanol–water partition coefficient (Wildman–Crippen LogP) is 1.54. The van der Waals surface area contributed by atoms with Crippen molar-refractivity contribution in [3.05, 3.63) is 35.9 Å². The normalized spacial score (nSPS) is 20.8. The summed E-state index contributed by atoms with van der Waals surface area (Å²) in [4.78, 5) is 30.1. The van der Waals surface area contributed by atoms with Crippen molar-refractivity contribution in [2.24, 2.45) is 11.3 Å². The molecular weight excluding hydrogens is 338 g/mol. The first-order chi connectivity index (χ1) is 12.4.